The van der Waals surface area contributed by atoms with Crippen LogP contribution in [0.25, 0.3) is 5.57 Å². The van der Waals surface area contributed by atoms with Crippen LogP contribution in [0.5, 0.6) is 0 Å². The fourth-order valence-corrected chi connectivity index (χ4v) is 5.46. The number of hydrogen-bond acceptors (Lipinski definition) is 3. The van der Waals surface area contributed by atoms with Crippen LogP contribution in [0, 0.1) is 0 Å². The minimum absolute atomic E-state index is 0.190. The van der Waals surface area contributed by atoms with E-state index < -0.39 is 15.9 Å². The number of fused-ring (bicyclic) bond motifs is 1. The molecule has 1 atom stereocenters. The van der Waals surface area contributed by atoms with E-state index >= 15 is 0 Å². The van der Waals surface area contributed by atoms with Crippen molar-refractivity contribution in [1.82, 2.24) is 5.32 Å². The summed E-state index contributed by atoms with van der Waals surface area (Å²) in [6, 6.07) is 26.3. The fraction of sp³-hybridized carbons (Fsp3) is 0.192. The standard InChI is InChI=1S/C26H26N2O3S/c1-19(17-18-20-11-5-3-6-12-20)27-26(29)25-24(21-13-7-4-8-14-21)22-15-9-10-16-23(22)28(2)32(25,30)31/h3-16,19H,17-18H2,1-2H3,(H,27,29)/t19-/m0/s1. The maximum atomic E-state index is 13.5. The summed E-state index contributed by atoms with van der Waals surface area (Å²) in [5, 5.41) is 2.92. The van der Waals surface area contributed by atoms with Gasteiger partial charge >= 0.3 is 0 Å². The van der Waals surface area contributed by atoms with Gasteiger partial charge in [0.1, 0.15) is 0 Å². The van der Waals surface area contributed by atoms with Gasteiger partial charge in [0.15, 0.2) is 4.91 Å². The fourth-order valence-electron chi connectivity index (χ4n) is 3.99. The van der Waals surface area contributed by atoms with E-state index in [1.807, 2.05) is 79.7 Å². The maximum Gasteiger partial charge on any atom is 0.270 e. The van der Waals surface area contributed by atoms with Crippen molar-refractivity contribution in [3.8, 4) is 0 Å². The summed E-state index contributed by atoms with van der Waals surface area (Å²) < 4.78 is 28.1. The highest BCUT2D eigenvalue weighted by Gasteiger charge is 2.39. The van der Waals surface area contributed by atoms with E-state index in [1.165, 1.54) is 16.9 Å². The van der Waals surface area contributed by atoms with E-state index in [2.05, 4.69) is 5.32 Å². The number of rotatable bonds is 6. The molecule has 0 unspecified atom stereocenters. The van der Waals surface area contributed by atoms with Crippen molar-refractivity contribution >= 4 is 27.2 Å². The number of carbonyl (C=O) groups excluding carboxylic acids is 1. The molecule has 0 aromatic heterocycles. The number of nitrogens with zero attached hydrogens (tertiary/aromatic N) is 1. The molecule has 0 saturated carbocycles. The SMILES string of the molecule is C[C@@H](CCc1ccccc1)NC(=O)C1=C(c2ccccc2)c2ccccc2N(C)S1(=O)=O. The second kappa shape index (κ2) is 9.01. The van der Waals surface area contributed by atoms with Crippen LogP contribution in [-0.2, 0) is 21.2 Å². The number of aryl methyl sites for hydroxylation is 1. The van der Waals surface area contributed by atoms with Gasteiger partial charge in [0.2, 0.25) is 0 Å². The number of para-hydroxylation sites is 1. The molecule has 0 aliphatic carbocycles. The molecular weight excluding hydrogens is 420 g/mol. The van der Waals surface area contributed by atoms with Gasteiger partial charge in [0, 0.05) is 24.2 Å². The van der Waals surface area contributed by atoms with Crippen molar-refractivity contribution in [1.29, 1.82) is 0 Å². The van der Waals surface area contributed by atoms with Crippen LogP contribution in [0.3, 0.4) is 0 Å². The summed E-state index contributed by atoms with van der Waals surface area (Å²) >= 11 is 0. The zero-order valence-electron chi connectivity index (χ0n) is 18.2. The quantitative estimate of drug-likeness (QED) is 0.612. The third-order valence-corrected chi connectivity index (χ3v) is 7.54. The molecular formula is C26H26N2O3S. The topological polar surface area (TPSA) is 66.5 Å². The smallest absolute Gasteiger partial charge is 0.270 e. The number of benzene rings is 3. The normalized spacial score (nSPS) is 15.8. The molecule has 1 N–H and O–H groups in total. The molecule has 5 nitrogen and oxygen atoms in total. The Bertz CT molecular complexity index is 1250. The Labute approximate surface area is 189 Å². The Morgan fingerprint density at radius 1 is 0.906 bits per heavy atom. The average molecular weight is 447 g/mol. The van der Waals surface area contributed by atoms with E-state index in [0.717, 1.165) is 12.0 Å². The number of sulfonamides is 1. The molecule has 1 heterocycles. The Hall–Kier alpha value is -3.38. The molecule has 1 aliphatic heterocycles. The van der Waals surface area contributed by atoms with Crippen molar-refractivity contribution in [2.75, 3.05) is 11.4 Å². The summed E-state index contributed by atoms with van der Waals surface area (Å²) in [6.45, 7) is 1.90. The first-order valence-electron chi connectivity index (χ1n) is 10.6. The van der Waals surface area contributed by atoms with Crippen LogP contribution < -0.4 is 9.62 Å². The predicted octanol–water partition coefficient (Wildman–Crippen LogP) is 4.36. The van der Waals surface area contributed by atoms with Crippen LogP contribution in [0.1, 0.15) is 30.0 Å². The Morgan fingerprint density at radius 3 is 2.19 bits per heavy atom. The number of hydrogen-bond donors (Lipinski definition) is 1. The van der Waals surface area contributed by atoms with Crippen LogP contribution >= 0.6 is 0 Å². The van der Waals surface area contributed by atoms with Gasteiger partial charge in [-0.15, -0.1) is 0 Å². The highest BCUT2D eigenvalue weighted by atomic mass is 32.2. The third-order valence-electron chi connectivity index (χ3n) is 5.71. The number of nitrogens with one attached hydrogen (secondary N) is 1. The van der Waals surface area contributed by atoms with Gasteiger partial charge in [0.05, 0.1) is 5.69 Å². The van der Waals surface area contributed by atoms with E-state index in [4.69, 9.17) is 0 Å². The highest BCUT2D eigenvalue weighted by Crippen LogP contribution is 2.41. The molecule has 4 rings (SSSR count). The second-order valence-corrected chi connectivity index (χ2v) is 9.86. The lowest BCUT2D eigenvalue weighted by Gasteiger charge is -2.31. The lowest BCUT2D eigenvalue weighted by Crippen LogP contribution is -2.42. The monoisotopic (exact) mass is 446 g/mol. The molecule has 0 spiro atoms. The zero-order chi connectivity index (χ0) is 22.7. The Balaban J connectivity index is 1.72. The van der Waals surface area contributed by atoms with Gasteiger partial charge in [-0.3, -0.25) is 9.10 Å². The van der Waals surface area contributed by atoms with Crippen LogP contribution in [0.15, 0.2) is 89.8 Å². The summed E-state index contributed by atoms with van der Waals surface area (Å²) in [7, 11) is -2.54. The molecule has 164 valence electrons. The van der Waals surface area contributed by atoms with Gasteiger partial charge in [-0.05, 0) is 37.0 Å². The Kier molecular flexibility index (Phi) is 6.15. The summed E-state index contributed by atoms with van der Waals surface area (Å²) in [5.74, 6) is -0.578. The van der Waals surface area contributed by atoms with E-state index in [9.17, 15) is 13.2 Å². The molecule has 0 radical (unpaired) electrons. The minimum atomic E-state index is -4.02. The Morgan fingerprint density at radius 2 is 1.50 bits per heavy atom. The van der Waals surface area contributed by atoms with E-state index in [-0.39, 0.29) is 10.9 Å². The number of amides is 1. The molecule has 32 heavy (non-hydrogen) atoms. The van der Waals surface area contributed by atoms with Gasteiger partial charge < -0.3 is 5.32 Å². The molecule has 6 heteroatoms. The largest absolute Gasteiger partial charge is 0.349 e. The summed E-state index contributed by atoms with van der Waals surface area (Å²) in [4.78, 5) is 13.2. The molecule has 0 bridgehead atoms. The first kappa shape index (κ1) is 21.8. The number of anilines is 1. The van der Waals surface area contributed by atoms with E-state index in [1.54, 1.807) is 12.1 Å². The molecule has 3 aromatic rings. The lowest BCUT2D eigenvalue weighted by atomic mass is 9.95. The van der Waals surface area contributed by atoms with Crippen LogP contribution in [0.4, 0.5) is 5.69 Å². The highest BCUT2D eigenvalue weighted by molar-refractivity contribution is 7.97. The predicted molar refractivity (Wildman–Crippen MR) is 129 cm³/mol. The lowest BCUT2D eigenvalue weighted by molar-refractivity contribution is -0.117. The minimum Gasteiger partial charge on any atom is -0.349 e. The van der Waals surface area contributed by atoms with Gasteiger partial charge in [-0.1, -0.05) is 78.9 Å². The van der Waals surface area contributed by atoms with Crippen molar-refractivity contribution in [2.24, 2.45) is 0 Å². The third kappa shape index (κ3) is 4.18. The molecule has 0 fully saturated rings. The summed E-state index contributed by atoms with van der Waals surface area (Å²) in [5.41, 5.74) is 3.58. The molecule has 0 saturated heterocycles. The van der Waals surface area contributed by atoms with Crippen LogP contribution in [0.2, 0.25) is 0 Å². The van der Waals surface area contributed by atoms with Crippen molar-refractivity contribution < 1.29 is 13.2 Å². The van der Waals surface area contributed by atoms with E-state index in [0.29, 0.717) is 23.2 Å². The van der Waals surface area contributed by atoms with Gasteiger partial charge in [0.25, 0.3) is 15.9 Å². The first-order valence-corrected chi connectivity index (χ1v) is 12.1. The van der Waals surface area contributed by atoms with Gasteiger partial charge in [-0.2, -0.15) is 0 Å². The number of carbonyl (C=O) groups is 1. The average Bonchev–Trinajstić information content (AvgIpc) is 2.81. The van der Waals surface area contributed by atoms with Crippen molar-refractivity contribution in [2.45, 2.75) is 25.8 Å². The van der Waals surface area contributed by atoms with Crippen LogP contribution in [-0.4, -0.2) is 27.4 Å². The molecule has 3 aromatic carbocycles. The first-order chi connectivity index (χ1) is 15.4. The van der Waals surface area contributed by atoms with Gasteiger partial charge in [-0.25, -0.2) is 8.42 Å². The molecule has 1 aliphatic rings. The second-order valence-electron chi connectivity index (χ2n) is 7.96. The maximum absolute atomic E-state index is 13.5. The molecule has 1 amide bonds. The van der Waals surface area contributed by atoms with Crippen molar-refractivity contribution in [3.63, 3.8) is 0 Å². The zero-order valence-corrected chi connectivity index (χ0v) is 19.0. The van der Waals surface area contributed by atoms with Crippen molar-refractivity contribution in [3.05, 3.63) is 107 Å². The summed E-state index contributed by atoms with van der Waals surface area (Å²) in [6.07, 6.45) is 1.50.